The van der Waals surface area contributed by atoms with Crippen LogP contribution >= 0.6 is 0 Å². The van der Waals surface area contributed by atoms with Crippen molar-refractivity contribution in [1.82, 2.24) is 15.1 Å². The summed E-state index contributed by atoms with van der Waals surface area (Å²) in [5.74, 6) is -0.501. The minimum absolute atomic E-state index is 0.0479. The number of nitrogens with zero attached hydrogens (tertiary/aromatic N) is 2. The number of aryl methyl sites for hydroxylation is 1. The van der Waals surface area contributed by atoms with Gasteiger partial charge in [-0.25, -0.2) is 9.48 Å². The third kappa shape index (κ3) is 4.82. The van der Waals surface area contributed by atoms with E-state index in [0.29, 0.717) is 11.3 Å². The Morgan fingerprint density at radius 1 is 1.14 bits per heavy atom. The van der Waals surface area contributed by atoms with Crippen molar-refractivity contribution < 1.29 is 14.3 Å². The number of hydrogen-bond acceptors (Lipinski definition) is 5. The standard InChI is InChI=1S/C22H24N4O3/c1-15(8-9-16-6-4-3-5-7-16)25-21(27)17-10-12-18(13-11-17)26-20(23)19(14-24-26)22(28)29-2/h3-7,10-15H,8-9,23H2,1-2H3,(H,25,27). The number of methoxy groups -OCH3 is 1. The van der Waals surface area contributed by atoms with Gasteiger partial charge in [-0.05, 0) is 49.6 Å². The van der Waals surface area contributed by atoms with Gasteiger partial charge in [0.05, 0.1) is 19.0 Å². The molecule has 0 aliphatic heterocycles. The molecule has 150 valence electrons. The Balaban J connectivity index is 1.61. The van der Waals surface area contributed by atoms with Crippen LogP contribution in [0.5, 0.6) is 0 Å². The molecule has 3 aromatic rings. The fraction of sp³-hybridized carbons (Fsp3) is 0.227. The third-order valence-electron chi connectivity index (χ3n) is 4.67. The second-order valence-corrected chi connectivity index (χ2v) is 6.79. The monoisotopic (exact) mass is 392 g/mol. The smallest absolute Gasteiger partial charge is 0.343 e. The molecule has 1 aromatic heterocycles. The Bertz CT molecular complexity index is 981. The zero-order valence-electron chi connectivity index (χ0n) is 16.5. The normalized spacial score (nSPS) is 11.7. The second kappa shape index (κ2) is 9.05. The first kappa shape index (κ1) is 20.1. The number of carbonyl (C=O) groups is 2. The summed E-state index contributed by atoms with van der Waals surface area (Å²) >= 11 is 0. The van der Waals surface area contributed by atoms with Gasteiger partial charge >= 0.3 is 5.97 Å². The molecule has 1 amide bonds. The number of nitrogens with one attached hydrogen (secondary N) is 1. The summed E-state index contributed by atoms with van der Waals surface area (Å²) in [6.07, 6.45) is 3.12. The van der Waals surface area contributed by atoms with E-state index in [9.17, 15) is 9.59 Å². The van der Waals surface area contributed by atoms with Gasteiger partial charge < -0.3 is 15.8 Å². The minimum Gasteiger partial charge on any atom is -0.465 e. The van der Waals surface area contributed by atoms with Crippen molar-refractivity contribution in [3.8, 4) is 5.69 Å². The minimum atomic E-state index is -0.547. The Hall–Kier alpha value is -3.61. The number of anilines is 1. The van der Waals surface area contributed by atoms with Crippen molar-refractivity contribution in [2.75, 3.05) is 12.8 Å². The molecule has 7 heteroatoms. The van der Waals surface area contributed by atoms with Crippen molar-refractivity contribution in [2.45, 2.75) is 25.8 Å². The average molecular weight is 392 g/mol. The van der Waals surface area contributed by atoms with Gasteiger partial charge in [-0.15, -0.1) is 0 Å². The summed E-state index contributed by atoms with van der Waals surface area (Å²) in [7, 11) is 1.29. The summed E-state index contributed by atoms with van der Waals surface area (Å²) < 4.78 is 6.10. The van der Waals surface area contributed by atoms with Gasteiger partial charge in [-0.1, -0.05) is 30.3 Å². The molecule has 1 atom stereocenters. The molecule has 0 fully saturated rings. The number of nitrogens with two attached hydrogens (primary N) is 1. The summed E-state index contributed by atoms with van der Waals surface area (Å²) in [6, 6.07) is 17.1. The fourth-order valence-corrected chi connectivity index (χ4v) is 2.99. The lowest BCUT2D eigenvalue weighted by atomic mass is 10.1. The average Bonchev–Trinajstić information content (AvgIpc) is 3.14. The molecular formula is C22H24N4O3. The Morgan fingerprint density at radius 2 is 1.83 bits per heavy atom. The predicted molar refractivity (Wildman–Crippen MR) is 111 cm³/mol. The van der Waals surface area contributed by atoms with E-state index in [-0.39, 0.29) is 23.3 Å². The van der Waals surface area contributed by atoms with Crippen LogP contribution in [0.2, 0.25) is 0 Å². The number of esters is 1. The largest absolute Gasteiger partial charge is 0.465 e. The van der Waals surface area contributed by atoms with Gasteiger partial charge in [0.25, 0.3) is 5.91 Å². The van der Waals surface area contributed by atoms with Gasteiger partial charge in [-0.2, -0.15) is 5.10 Å². The number of ether oxygens (including phenoxy) is 1. The molecule has 0 bridgehead atoms. The van der Waals surface area contributed by atoms with E-state index in [1.807, 2.05) is 25.1 Å². The van der Waals surface area contributed by atoms with Crippen molar-refractivity contribution in [3.63, 3.8) is 0 Å². The highest BCUT2D eigenvalue weighted by molar-refractivity contribution is 5.95. The van der Waals surface area contributed by atoms with E-state index in [4.69, 9.17) is 5.73 Å². The first-order valence-corrected chi connectivity index (χ1v) is 9.36. The fourth-order valence-electron chi connectivity index (χ4n) is 2.99. The molecule has 0 aliphatic carbocycles. The van der Waals surface area contributed by atoms with Crippen LogP contribution < -0.4 is 11.1 Å². The van der Waals surface area contributed by atoms with Gasteiger partial charge in [0, 0.05) is 11.6 Å². The van der Waals surface area contributed by atoms with Gasteiger partial charge in [0.1, 0.15) is 11.4 Å². The maximum atomic E-state index is 12.5. The van der Waals surface area contributed by atoms with E-state index in [1.54, 1.807) is 24.3 Å². The molecule has 0 spiro atoms. The molecule has 0 saturated carbocycles. The first-order chi connectivity index (χ1) is 14.0. The second-order valence-electron chi connectivity index (χ2n) is 6.79. The lowest BCUT2D eigenvalue weighted by Gasteiger charge is -2.14. The number of aromatic nitrogens is 2. The van der Waals surface area contributed by atoms with Crippen LogP contribution in [0.4, 0.5) is 5.82 Å². The highest BCUT2D eigenvalue weighted by atomic mass is 16.5. The Labute approximate surface area is 169 Å². The van der Waals surface area contributed by atoms with Crippen molar-refractivity contribution in [1.29, 1.82) is 0 Å². The molecule has 7 nitrogen and oxygen atoms in total. The number of carbonyl (C=O) groups excluding carboxylic acids is 2. The van der Waals surface area contributed by atoms with E-state index < -0.39 is 5.97 Å². The molecular weight excluding hydrogens is 368 g/mol. The zero-order valence-corrected chi connectivity index (χ0v) is 16.5. The summed E-state index contributed by atoms with van der Waals surface area (Å²) in [6.45, 7) is 1.99. The lowest BCUT2D eigenvalue weighted by molar-refractivity contribution is 0.0601. The molecule has 29 heavy (non-hydrogen) atoms. The molecule has 1 heterocycles. The van der Waals surface area contributed by atoms with Gasteiger partial charge in [-0.3, -0.25) is 4.79 Å². The highest BCUT2D eigenvalue weighted by Crippen LogP contribution is 2.18. The van der Waals surface area contributed by atoms with E-state index in [1.165, 1.54) is 23.6 Å². The number of hydrogen-bond donors (Lipinski definition) is 2. The van der Waals surface area contributed by atoms with E-state index in [0.717, 1.165) is 12.8 Å². The quantitative estimate of drug-likeness (QED) is 0.602. The Morgan fingerprint density at radius 3 is 2.48 bits per heavy atom. The zero-order chi connectivity index (χ0) is 20.8. The van der Waals surface area contributed by atoms with Crippen LogP contribution in [0.15, 0.2) is 60.8 Å². The Kier molecular flexibility index (Phi) is 6.29. The van der Waals surface area contributed by atoms with Crippen molar-refractivity contribution in [2.24, 2.45) is 0 Å². The van der Waals surface area contributed by atoms with E-state index in [2.05, 4.69) is 27.3 Å². The van der Waals surface area contributed by atoms with Crippen molar-refractivity contribution >= 4 is 17.7 Å². The predicted octanol–water partition coefficient (Wildman–Crippen LogP) is 2.99. The molecule has 0 aliphatic rings. The maximum absolute atomic E-state index is 12.5. The number of nitrogen functional groups attached to an aromatic ring is 1. The molecule has 0 radical (unpaired) electrons. The summed E-state index contributed by atoms with van der Waals surface area (Å²) in [5, 5.41) is 7.14. The van der Waals surface area contributed by atoms with Crippen molar-refractivity contribution in [3.05, 3.63) is 77.5 Å². The van der Waals surface area contributed by atoms with Crippen LogP contribution in [0.3, 0.4) is 0 Å². The number of rotatable bonds is 7. The maximum Gasteiger partial charge on any atom is 0.343 e. The summed E-state index contributed by atoms with van der Waals surface area (Å²) in [4.78, 5) is 24.2. The highest BCUT2D eigenvalue weighted by Gasteiger charge is 2.17. The summed E-state index contributed by atoms with van der Waals surface area (Å²) in [5.41, 5.74) is 8.61. The van der Waals surface area contributed by atoms with Gasteiger partial charge in [0.2, 0.25) is 0 Å². The van der Waals surface area contributed by atoms with Gasteiger partial charge in [0.15, 0.2) is 0 Å². The lowest BCUT2D eigenvalue weighted by Crippen LogP contribution is -2.32. The third-order valence-corrected chi connectivity index (χ3v) is 4.67. The first-order valence-electron chi connectivity index (χ1n) is 9.36. The number of amides is 1. The molecule has 0 saturated heterocycles. The number of benzene rings is 2. The van der Waals surface area contributed by atoms with Crippen LogP contribution in [0.25, 0.3) is 5.69 Å². The SMILES string of the molecule is COC(=O)c1cnn(-c2ccc(C(=O)NC(C)CCc3ccccc3)cc2)c1N. The topological polar surface area (TPSA) is 99.2 Å². The molecule has 2 aromatic carbocycles. The molecule has 1 unspecified atom stereocenters. The van der Waals surface area contributed by atoms with Crippen LogP contribution in [-0.2, 0) is 11.2 Å². The van der Waals surface area contributed by atoms with Crippen LogP contribution in [0, 0.1) is 0 Å². The van der Waals surface area contributed by atoms with E-state index >= 15 is 0 Å². The van der Waals surface area contributed by atoms with Crippen LogP contribution in [0.1, 0.15) is 39.6 Å². The van der Waals surface area contributed by atoms with Crippen LogP contribution in [-0.4, -0.2) is 34.8 Å². The molecule has 3 N–H and O–H groups in total. The molecule has 3 rings (SSSR count).